The van der Waals surface area contributed by atoms with Gasteiger partial charge in [0, 0.05) is 18.7 Å². The summed E-state index contributed by atoms with van der Waals surface area (Å²) in [6, 6.07) is 12.8. The number of methoxy groups -OCH3 is 2. The summed E-state index contributed by atoms with van der Waals surface area (Å²) in [5.74, 6) is 0.265. The molecule has 0 bridgehead atoms. The van der Waals surface area contributed by atoms with Crippen LogP contribution in [-0.2, 0) is 26.2 Å². The van der Waals surface area contributed by atoms with E-state index in [1.54, 1.807) is 49.6 Å². The van der Waals surface area contributed by atoms with Gasteiger partial charge in [-0.2, -0.15) is 0 Å². The highest BCUT2D eigenvalue weighted by molar-refractivity contribution is 7.92. The first-order valence-electron chi connectivity index (χ1n) is 11.3. The number of nitrogens with zero attached hydrogens (tertiary/aromatic N) is 2. The first kappa shape index (κ1) is 28.0. The molecular weight excluding hydrogens is 470 g/mol. The molecule has 35 heavy (non-hydrogen) atoms. The Hall–Kier alpha value is -3.27. The van der Waals surface area contributed by atoms with Crippen molar-refractivity contribution in [3.63, 3.8) is 0 Å². The monoisotopic (exact) mass is 505 g/mol. The molecule has 1 N–H and O–H groups in total. The molecule has 0 aliphatic carbocycles. The Kier molecular flexibility index (Phi) is 9.94. The lowest BCUT2D eigenvalue weighted by molar-refractivity contribution is -0.140. The van der Waals surface area contributed by atoms with E-state index in [4.69, 9.17) is 9.47 Å². The highest BCUT2D eigenvalue weighted by Crippen LogP contribution is 2.24. The Morgan fingerprint density at radius 3 is 2.14 bits per heavy atom. The van der Waals surface area contributed by atoms with Gasteiger partial charge in [-0.05, 0) is 50.1 Å². The van der Waals surface area contributed by atoms with E-state index < -0.39 is 28.5 Å². The van der Waals surface area contributed by atoms with Crippen LogP contribution in [0.3, 0.4) is 0 Å². The molecule has 0 radical (unpaired) electrons. The molecule has 192 valence electrons. The maximum Gasteiger partial charge on any atom is 0.244 e. The van der Waals surface area contributed by atoms with E-state index in [1.165, 1.54) is 12.0 Å². The van der Waals surface area contributed by atoms with Crippen molar-refractivity contribution in [1.82, 2.24) is 10.2 Å². The zero-order valence-electron chi connectivity index (χ0n) is 21.1. The summed E-state index contributed by atoms with van der Waals surface area (Å²) in [7, 11) is -0.794. The summed E-state index contributed by atoms with van der Waals surface area (Å²) < 4.78 is 36.9. The van der Waals surface area contributed by atoms with Crippen molar-refractivity contribution < 1.29 is 27.5 Å². The lowest BCUT2D eigenvalue weighted by Crippen LogP contribution is -2.53. The van der Waals surface area contributed by atoms with E-state index in [0.29, 0.717) is 23.6 Å². The number of hydrogen-bond donors (Lipinski definition) is 1. The van der Waals surface area contributed by atoms with Crippen LogP contribution in [0.2, 0.25) is 0 Å². The van der Waals surface area contributed by atoms with Crippen molar-refractivity contribution in [2.75, 3.05) is 31.3 Å². The topological polar surface area (TPSA) is 105 Å². The molecule has 0 heterocycles. The second-order valence-electron chi connectivity index (χ2n) is 8.43. The van der Waals surface area contributed by atoms with E-state index in [-0.39, 0.29) is 18.5 Å². The second-order valence-corrected chi connectivity index (χ2v) is 10.3. The molecule has 2 aromatic carbocycles. The molecule has 9 nitrogen and oxygen atoms in total. The van der Waals surface area contributed by atoms with Crippen LogP contribution in [0.25, 0.3) is 0 Å². The minimum Gasteiger partial charge on any atom is -0.497 e. The molecule has 0 saturated heterocycles. The molecule has 1 atom stereocenters. The molecule has 2 rings (SSSR count). The molecule has 0 unspecified atom stereocenters. The fourth-order valence-corrected chi connectivity index (χ4v) is 4.49. The quantitative estimate of drug-likeness (QED) is 0.476. The van der Waals surface area contributed by atoms with Gasteiger partial charge in [0.15, 0.2) is 0 Å². The van der Waals surface area contributed by atoms with Crippen molar-refractivity contribution in [2.45, 2.75) is 45.8 Å². The Bertz CT molecular complexity index is 1120. The smallest absolute Gasteiger partial charge is 0.244 e. The Balaban J connectivity index is 2.47. The maximum atomic E-state index is 13.7. The third-order valence-electron chi connectivity index (χ3n) is 5.32. The number of anilines is 1. The van der Waals surface area contributed by atoms with Crippen LogP contribution in [0.5, 0.6) is 11.5 Å². The van der Waals surface area contributed by atoms with Crippen molar-refractivity contribution in [3.05, 3.63) is 54.1 Å². The maximum absolute atomic E-state index is 13.7. The summed E-state index contributed by atoms with van der Waals surface area (Å²) in [6.45, 7) is 5.13. The van der Waals surface area contributed by atoms with Gasteiger partial charge in [-0.25, -0.2) is 8.42 Å². The first-order valence-corrected chi connectivity index (χ1v) is 13.2. The molecule has 10 heteroatoms. The Labute approximate surface area is 208 Å². The van der Waals surface area contributed by atoms with E-state index in [9.17, 15) is 18.0 Å². The lowest BCUT2D eigenvalue weighted by Gasteiger charge is -2.33. The van der Waals surface area contributed by atoms with E-state index >= 15 is 0 Å². The number of ether oxygens (including phenoxy) is 2. The van der Waals surface area contributed by atoms with Gasteiger partial charge in [0.05, 0.1) is 26.2 Å². The van der Waals surface area contributed by atoms with Crippen molar-refractivity contribution in [2.24, 2.45) is 0 Å². The highest BCUT2D eigenvalue weighted by atomic mass is 32.2. The van der Waals surface area contributed by atoms with Crippen LogP contribution in [0.1, 0.15) is 32.8 Å². The van der Waals surface area contributed by atoms with Crippen LogP contribution in [0.15, 0.2) is 48.5 Å². The summed E-state index contributed by atoms with van der Waals surface area (Å²) >= 11 is 0. The number of sulfonamides is 1. The van der Waals surface area contributed by atoms with Gasteiger partial charge in [0.2, 0.25) is 21.8 Å². The van der Waals surface area contributed by atoms with Crippen LogP contribution in [-0.4, -0.2) is 64.2 Å². The summed E-state index contributed by atoms with van der Waals surface area (Å²) in [5, 5.41) is 2.86. The average molecular weight is 506 g/mol. The predicted molar refractivity (Wildman–Crippen MR) is 136 cm³/mol. The van der Waals surface area contributed by atoms with Gasteiger partial charge >= 0.3 is 0 Å². The normalized spacial score (nSPS) is 12.1. The third-order valence-corrected chi connectivity index (χ3v) is 6.47. The standard InChI is InChI=1S/C25H35N3O6S/c1-7-23(25(30)26-18(2)3)27(16-19-10-8-12-21(14-19)33-4)24(29)17-28(35(6,31)32)20-11-9-13-22(15-20)34-5/h8-15,18,23H,7,16-17H2,1-6H3,(H,26,30)/t23-/m0/s1. The van der Waals surface area contributed by atoms with Crippen LogP contribution >= 0.6 is 0 Å². The van der Waals surface area contributed by atoms with Gasteiger partial charge in [0.25, 0.3) is 0 Å². The molecule has 0 aliphatic rings. The molecule has 0 saturated carbocycles. The second kappa shape index (κ2) is 12.4. The number of hydrogen-bond acceptors (Lipinski definition) is 6. The first-order chi connectivity index (χ1) is 16.5. The van der Waals surface area contributed by atoms with Gasteiger partial charge in [0.1, 0.15) is 24.1 Å². The van der Waals surface area contributed by atoms with Crippen LogP contribution < -0.4 is 19.1 Å². The van der Waals surface area contributed by atoms with Gasteiger partial charge in [-0.3, -0.25) is 13.9 Å². The predicted octanol–water partition coefficient (Wildman–Crippen LogP) is 2.80. The summed E-state index contributed by atoms with van der Waals surface area (Å²) in [6.07, 6.45) is 1.39. The van der Waals surface area contributed by atoms with Crippen LogP contribution in [0, 0.1) is 0 Å². The number of rotatable bonds is 12. The van der Waals surface area contributed by atoms with E-state index in [1.807, 2.05) is 26.8 Å². The van der Waals surface area contributed by atoms with Crippen molar-refractivity contribution in [3.8, 4) is 11.5 Å². The molecule has 0 spiro atoms. The lowest BCUT2D eigenvalue weighted by atomic mass is 10.1. The Morgan fingerprint density at radius 1 is 1.00 bits per heavy atom. The van der Waals surface area contributed by atoms with E-state index in [0.717, 1.165) is 16.1 Å². The SMILES string of the molecule is CC[C@@H](C(=O)NC(C)C)N(Cc1cccc(OC)c1)C(=O)CN(c1cccc(OC)c1)S(C)(=O)=O. The zero-order valence-corrected chi connectivity index (χ0v) is 22.0. The molecule has 0 aliphatic heterocycles. The summed E-state index contributed by atoms with van der Waals surface area (Å²) in [4.78, 5) is 28.1. The van der Waals surface area contributed by atoms with Gasteiger partial charge < -0.3 is 19.7 Å². The number of benzene rings is 2. The molecular formula is C25H35N3O6S. The van der Waals surface area contributed by atoms with Crippen LogP contribution in [0.4, 0.5) is 5.69 Å². The molecule has 0 aromatic heterocycles. The van der Waals surface area contributed by atoms with Gasteiger partial charge in [-0.15, -0.1) is 0 Å². The molecule has 2 amide bonds. The fraction of sp³-hybridized carbons (Fsp3) is 0.440. The fourth-order valence-electron chi connectivity index (χ4n) is 3.65. The molecule has 2 aromatic rings. The third kappa shape index (κ3) is 7.88. The zero-order chi connectivity index (χ0) is 26.2. The largest absolute Gasteiger partial charge is 0.497 e. The minimum absolute atomic E-state index is 0.107. The van der Waals surface area contributed by atoms with Gasteiger partial charge in [-0.1, -0.05) is 25.1 Å². The minimum atomic E-state index is -3.82. The van der Waals surface area contributed by atoms with Crippen molar-refractivity contribution >= 4 is 27.5 Å². The summed E-state index contributed by atoms with van der Waals surface area (Å²) in [5.41, 5.74) is 1.04. The molecule has 0 fully saturated rings. The van der Waals surface area contributed by atoms with E-state index in [2.05, 4.69) is 5.32 Å². The number of amides is 2. The number of carbonyl (C=O) groups excluding carboxylic acids is 2. The average Bonchev–Trinajstić information content (AvgIpc) is 2.81. The number of nitrogens with one attached hydrogen (secondary N) is 1. The Morgan fingerprint density at radius 2 is 1.60 bits per heavy atom. The number of carbonyl (C=O) groups is 2. The highest BCUT2D eigenvalue weighted by Gasteiger charge is 2.32. The van der Waals surface area contributed by atoms with Crippen molar-refractivity contribution in [1.29, 1.82) is 0 Å².